The van der Waals surface area contributed by atoms with Crippen LogP contribution in [0.25, 0.3) is 10.8 Å². The Hall–Kier alpha value is -3.06. The van der Waals surface area contributed by atoms with Crippen molar-refractivity contribution in [1.29, 1.82) is 0 Å². The van der Waals surface area contributed by atoms with Crippen molar-refractivity contribution in [2.45, 2.75) is 37.6 Å². The zero-order valence-electron chi connectivity index (χ0n) is 17.7. The molecule has 0 radical (unpaired) electrons. The maximum Gasteiger partial charge on any atom is 0.265 e. The maximum absolute atomic E-state index is 13.0. The molecule has 4 rings (SSSR count). The Morgan fingerprint density at radius 3 is 2.52 bits per heavy atom. The van der Waals surface area contributed by atoms with Crippen molar-refractivity contribution in [1.82, 2.24) is 5.32 Å². The lowest BCUT2D eigenvalue weighted by Gasteiger charge is -2.19. The summed E-state index contributed by atoms with van der Waals surface area (Å²) >= 11 is 0. The number of anilines is 1. The molecule has 1 amide bonds. The third-order valence-corrected chi connectivity index (χ3v) is 7.23. The molecule has 1 aliphatic heterocycles. The lowest BCUT2D eigenvalue weighted by atomic mass is 10.1. The number of rotatable bonds is 8. The molecular weight excluding hydrogens is 412 g/mol. The van der Waals surface area contributed by atoms with E-state index in [-0.39, 0.29) is 24.9 Å². The van der Waals surface area contributed by atoms with Crippen LogP contribution in [0.1, 0.15) is 25.3 Å². The molecule has 0 saturated carbocycles. The van der Waals surface area contributed by atoms with E-state index < -0.39 is 10.0 Å². The Morgan fingerprint density at radius 2 is 1.77 bits per heavy atom. The molecule has 0 saturated heterocycles. The van der Waals surface area contributed by atoms with E-state index >= 15 is 0 Å². The number of ether oxygens (including phenoxy) is 1. The quantitative estimate of drug-likeness (QED) is 0.576. The van der Waals surface area contributed by atoms with Gasteiger partial charge < -0.3 is 10.1 Å². The molecule has 162 valence electrons. The Bertz CT molecular complexity index is 1200. The first-order valence-electron chi connectivity index (χ1n) is 10.4. The van der Waals surface area contributed by atoms with Crippen molar-refractivity contribution >= 4 is 32.4 Å². The van der Waals surface area contributed by atoms with Crippen LogP contribution in [0.4, 0.5) is 5.69 Å². The van der Waals surface area contributed by atoms with Gasteiger partial charge in [0, 0.05) is 18.4 Å². The minimum Gasteiger partial charge on any atom is -0.491 e. The van der Waals surface area contributed by atoms with Gasteiger partial charge in [-0.25, -0.2) is 8.42 Å². The van der Waals surface area contributed by atoms with Crippen LogP contribution in [0.3, 0.4) is 0 Å². The fraction of sp³-hybridized carbons (Fsp3) is 0.292. The molecule has 0 spiro atoms. The second-order valence-electron chi connectivity index (χ2n) is 7.90. The molecule has 1 heterocycles. The van der Waals surface area contributed by atoms with Gasteiger partial charge in [0.1, 0.15) is 12.4 Å². The summed E-state index contributed by atoms with van der Waals surface area (Å²) in [6.07, 6.45) is 0.675. The molecule has 1 N–H and O–H groups in total. The van der Waals surface area contributed by atoms with Crippen molar-refractivity contribution in [3.63, 3.8) is 0 Å². The van der Waals surface area contributed by atoms with E-state index in [1.807, 2.05) is 62.4 Å². The number of benzene rings is 3. The molecule has 0 aromatic heterocycles. The van der Waals surface area contributed by atoms with Gasteiger partial charge in [-0.15, -0.1) is 0 Å². The highest BCUT2D eigenvalue weighted by Crippen LogP contribution is 2.41. The molecule has 31 heavy (non-hydrogen) atoms. The lowest BCUT2D eigenvalue weighted by molar-refractivity contribution is -0.121. The number of amides is 1. The summed E-state index contributed by atoms with van der Waals surface area (Å²) < 4.78 is 33.1. The van der Waals surface area contributed by atoms with E-state index in [1.54, 1.807) is 12.1 Å². The van der Waals surface area contributed by atoms with Gasteiger partial charge in [0.2, 0.25) is 5.91 Å². The van der Waals surface area contributed by atoms with Crippen LogP contribution in [0.5, 0.6) is 5.75 Å². The molecule has 7 heteroatoms. The summed E-state index contributed by atoms with van der Waals surface area (Å²) in [7, 11) is -3.58. The molecule has 0 fully saturated rings. The Labute approximate surface area is 182 Å². The summed E-state index contributed by atoms with van der Waals surface area (Å²) in [6.45, 7) is 4.53. The minimum atomic E-state index is -3.58. The third-order valence-electron chi connectivity index (χ3n) is 5.37. The summed E-state index contributed by atoms with van der Waals surface area (Å²) in [5.41, 5.74) is 1.85. The highest BCUT2D eigenvalue weighted by atomic mass is 32.2. The number of carbonyl (C=O) groups excluding carboxylic acids is 1. The van der Waals surface area contributed by atoms with E-state index in [0.717, 1.165) is 22.1 Å². The first-order valence-corrected chi connectivity index (χ1v) is 11.8. The van der Waals surface area contributed by atoms with Crippen LogP contribution in [-0.2, 0) is 14.8 Å². The number of aryl methyl sites for hydroxylation is 1. The molecule has 1 aliphatic rings. The van der Waals surface area contributed by atoms with Gasteiger partial charge in [-0.1, -0.05) is 42.0 Å². The largest absolute Gasteiger partial charge is 0.491 e. The molecule has 0 bridgehead atoms. The van der Waals surface area contributed by atoms with Crippen LogP contribution >= 0.6 is 0 Å². The molecule has 6 nitrogen and oxygen atoms in total. The van der Waals surface area contributed by atoms with Gasteiger partial charge in [0.05, 0.1) is 16.6 Å². The van der Waals surface area contributed by atoms with E-state index in [0.29, 0.717) is 23.6 Å². The van der Waals surface area contributed by atoms with Gasteiger partial charge in [0.25, 0.3) is 10.0 Å². The molecule has 3 aromatic carbocycles. The summed E-state index contributed by atoms with van der Waals surface area (Å²) in [5.74, 6) is 0.645. The minimum absolute atomic E-state index is 0.118. The first kappa shape index (κ1) is 21.2. The topological polar surface area (TPSA) is 75.7 Å². The standard InChI is InChI=1S/C24H26N2O4S/c1-17-11-13-20(14-12-17)30-16-18(2)25-23(27)10-5-15-26-21-8-3-6-19-7-4-9-22(24(19)21)31(26,28)29/h3-4,6-9,11-14,18H,5,10,15-16H2,1-2H3,(H,25,27). The van der Waals surface area contributed by atoms with Crippen molar-refractivity contribution in [2.75, 3.05) is 17.5 Å². The average Bonchev–Trinajstić information content (AvgIpc) is 2.96. The van der Waals surface area contributed by atoms with Crippen LogP contribution < -0.4 is 14.4 Å². The van der Waals surface area contributed by atoms with Crippen molar-refractivity contribution in [2.24, 2.45) is 0 Å². The van der Waals surface area contributed by atoms with Crippen LogP contribution in [0.2, 0.25) is 0 Å². The monoisotopic (exact) mass is 438 g/mol. The Kier molecular flexibility index (Phi) is 5.87. The van der Waals surface area contributed by atoms with Gasteiger partial charge >= 0.3 is 0 Å². The SMILES string of the molecule is Cc1ccc(OCC(C)NC(=O)CCCN2c3cccc4cccc(c34)S2(=O)=O)cc1. The summed E-state index contributed by atoms with van der Waals surface area (Å²) in [6, 6.07) is 18.5. The van der Waals surface area contributed by atoms with Crippen molar-refractivity contribution in [3.05, 3.63) is 66.2 Å². The van der Waals surface area contributed by atoms with Gasteiger partial charge in [0.15, 0.2) is 0 Å². The highest BCUT2D eigenvalue weighted by molar-refractivity contribution is 7.93. The smallest absolute Gasteiger partial charge is 0.265 e. The zero-order chi connectivity index (χ0) is 22.0. The third kappa shape index (κ3) is 4.37. The van der Waals surface area contributed by atoms with Gasteiger partial charge in [-0.3, -0.25) is 9.10 Å². The van der Waals surface area contributed by atoms with Crippen LogP contribution in [-0.4, -0.2) is 33.5 Å². The number of hydrogen-bond donors (Lipinski definition) is 1. The molecule has 1 unspecified atom stereocenters. The van der Waals surface area contributed by atoms with Crippen LogP contribution in [0, 0.1) is 6.92 Å². The second kappa shape index (κ2) is 8.59. The lowest BCUT2D eigenvalue weighted by Crippen LogP contribution is -2.37. The van der Waals surface area contributed by atoms with E-state index in [2.05, 4.69) is 5.32 Å². The number of sulfonamides is 1. The van der Waals surface area contributed by atoms with E-state index in [1.165, 1.54) is 4.31 Å². The Morgan fingerprint density at radius 1 is 1.06 bits per heavy atom. The van der Waals surface area contributed by atoms with E-state index in [4.69, 9.17) is 4.74 Å². The number of nitrogens with zero attached hydrogens (tertiary/aromatic N) is 1. The fourth-order valence-electron chi connectivity index (χ4n) is 3.83. The predicted octanol–water partition coefficient (Wildman–Crippen LogP) is 4.02. The maximum atomic E-state index is 13.0. The Balaban J connectivity index is 1.30. The predicted molar refractivity (Wildman–Crippen MR) is 122 cm³/mol. The summed E-state index contributed by atoms with van der Waals surface area (Å²) in [4.78, 5) is 12.7. The average molecular weight is 439 g/mol. The molecular formula is C24H26N2O4S. The van der Waals surface area contributed by atoms with Gasteiger partial charge in [-0.2, -0.15) is 0 Å². The molecule has 1 atom stereocenters. The number of hydrogen-bond acceptors (Lipinski definition) is 4. The molecule has 0 aliphatic carbocycles. The number of carbonyl (C=O) groups is 1. The normalized spacial score (nSPS) is 15.1. The molecule has 3 aromatic rings. The van der Waals surface area contributed by atoms with Crippen molar-refractivity contribution < 1.29 is 17.9 Å². The van der Waals surface area contributed by atoms with Crippen LogP contribution in [0.15, 0.2) is 65.6 Å². The van der Waals surface area contributed by atoms with E-state index in [9.17, 15) is 13.2 Å². The summed E-state index contributed by atoms with van der Waals surface area (Å²) in [5, 5.41) is 4.58. The fourth-order valence-corrected chi connectivity index (χ4v) is 5.58. The highest BCUT2D eigenvalue weighted by Gasteiger charge is 2.35. The van der Waals surface area contributed by atoms with Gasteiger partial charge in [-0.05, 0) is 49.9 Å². The van der Waals surface area contributed by atoms with Crippen molar-refractivity contribution in [3.8, 4) is 5.75 Å². The number of nitrogens with one attached hydrogen (secondary N) is 1. The second-order valence-corrected chi connectivity index (χ2v) is 9.74. The first-order chi connectivity index (χ1) is 14.9. The zero-order valence-corrected chi connectivity index (χ0v) is 18.5.